The lowest BCUT2D eigenvalue weighted by molar-refractivity contribution is -0.140. The zero-order chi connectivity index (χ0) is 19.4. The van der Waals surface area contributed by atoms with E-state index in [1.54, 1.807) is 0 Å². The Bertz CT molecular complexity index is 672. The smallest absolute Gasteiger partial charge is 0.233 e. The van der Waals surface area contributed by atoms with Crippen LogP contribution in [-0.4, -0.2) is 35.7 Å². The molecule has 1 aliphatic carbocycles. The molecule has 1 saturated carbocycles. The van der Waals surface area contributed by atoms with Crippen LogP contribution < -0.4 is 5.32 Å². The van der Waals surface area contributed by atoms with Gasteiger partial charge in [-0.15, -0.1) is 0 Å². The fraction of sp³-hybridized carbons (Fsp3) is 0.591. The quantitative estimate of drug-likeness (QED) is 0.750. The Morgan fingerprint density at radius 3 is 2.22 bits per heavy atom. The minimum atomic E-state index is -0.136. The predicted octanol–water partition coefficient (Wildman–Crippen LogP) is 3.03. The molecule has 1 aliphatic heterocycles. The van der Waals surface area contributed by atoms with Gasteiger partial charge < -0.3 is 5.32 Å². The molecule has 1 aromatic carbocycles. The molecule has 2 fully saturated rings. The molecule has 3 rings (SSSR count). The normalized spacial score (nSPS) is 22.3. The van der Waals surface area contributed by atoms with E-state index < -0.39 is 0 Å². The Morgan fingerprint density at radius 2 is 1.67 bits per heavy atom. The molecule has 0 aromatic heterocycles. The second-order valence-electron chi connectivity index (χ2n) is 8.07. The molecular formula is C22H30N2O3. The first-order valence-electron chi connectivity index (χ1n) is 10.2. The highest BCUT2D eigenvalue weighted by atomic mass is 16.2. The van der Waals surface area contributed by atoms with Crippen LogP contribution in [0.1, 0.15) is 63.0 Å². The maximum atomic E-state index is 12.4. The number of carbonyl (C=O) groups excluding carboxylic acids is 3. The van der Waals surface area contributed by atoms with E-state index >= 15 is 0 Å². The van der Waals surface area contributed by atoms with Gasteiger partial charge in [0.1, 0.15) is 0 Å². The molecule has 1 N–H and O–H groups in total. The van der Waals surface area contributed by atoms with Crippen molar-refractivity contribution in [1.82, 2.24) is 10.2 Å². The third-order valence-corrected chi connectivity index (χ3v) is 5.88. The highest BCUT2D eigenvalue weighted by molar-refractivity contribution is 6.05. The summed E-state index contributed by atoms with van der Waals surface area (Å²) in [5.74, 6) is -0.000377. The van der Waals surface area contributed by atoms with Gasteiger partial charge in [-0.05, 0) is 36.3 Å². The molecule has 5 heteroatoms. The van der Waals surface area contributed by atoms with Crippen LogP contribution in [-0.2, 0) is 20.8 Å². The second-order valence-corrected chi connectivity index (χ2v) is 8.07. The third-order valence-electron chi connectivity index (χ3n) is 5.88. The van der Waals surface area contributed by atoms with Crippen molar-refractivity contribution < 1.29 is 14.4 Å². The highest BCUT2D eigenvalue weighted by Crippen LogP contribution is 2.37. The molecule has 0 unspecified atom stereocenters. The van der Waals surface area contributed by atoms with Crippen molar-refractivity contribution >= 4 is 17.7 Å². The average Bonchev–Trinajstić information content (AvgIpc) is 2.91. The molecule has 1 heterocycles. The van der Waals surface area contributed by atoms with E-state index in [1.807, 2.05) is 0 Å². The molecule has 5 nitrogen and oxygen atoms in total. The Morgan fingerprint density at radius 1 is 1.07 bits per heavy atom. The number of hydrogen-bond donors (Lipinski definition) is 1. The van der Waals surface area contributed by atoms with Crippen molar-refractivity contribution in [3.63, 3.8) is 0 Å². The maximum absolute atomic E-state index is 12.4. The maximum Gasteiger partial charge on any atom is 0.233 e. The molecule has 1 aromatic rings. The van der Waals surface area contributed by atoms with Gasteiger partial charge in [0.2, 0.25) is 17.7 Å². The van der Waals surface area contributed by atoms with E-state index in [2.05, 4.69) is 43.4 Å². The number of rotatable bonds is 7. The minimum absolute atomic E-state index is 0.0669. The summed E-state index contributed by atoms with van der Waals surface area (Å²) in [5.41, 5.74) is 2.50. The zero-order valence-corrected chi connectivity index (χ0v) is 16.4. The number of nitrogens with one attached hydrogen (secondary N) is 1. The van der Waals surface area contributed by atoms with Crippen LogP contribution in [0.25, 0.3) is 0 Å². The molecular weight excluding hydrogens is 340 g/mol. The van der Waals surface area contributed by atoms with Crippen LogP contribution in [0.15, 0.2) is 24.3 Å². The summed E-state index contributed by atoms with van der Waals surface area (Å²) in [5, 5.41) is 2.90. The molecule has 2 aliphatic rings. The molecule has 2 atom stereocenters. The predicted molar refractivity (Wildman–Crippen MR) is 104 cm³/mol. The Balaban J connectivity index is 1.41. The summed E-state index contributed by atoms with van der Waals surface area (Å²) in [6.07, 6.45) is 4.62. The molecule has 3 amide bonds. The van der Waals surface area contributed by atoms with Gasteiger partial charge in [-0.2, -0.15) is 0 Å². The van der Waals surface area contributed by atoms with Gasteiger partial charge in [0.25, 0.3) is 0 Å². The van der Waals surface area contributed by atoms with Gasteiger partial charge in [0, 0.05) is 19.5 Å². The van der Waals surface area contributed by atoms with Crippen molar-refractivity contribution in [1.29, 1.82) is 0 Å². The van der Waals surface area contributed by atoms with Crippen molar-refractivity contribution in [2.75, 3.05) is 13.1 Å². The summed E-state index contributed by atoms with van der Waals surface area (Å²) < 4.78 is 0. The number of amides is 3. The van der Waals surface area contributed by atoms with Crippen LogP contribution in [0, 0.1) is 11.8 Å². The fourth-order valence-corrected chi connectivity index (χ4v) is 4.17. The number of imide groups is 1. The van der Waals surface area contributed by atoms with Crippen LogP contribution >= 0.6 is 0 Å². The summed E-state index contributed by atoms with van der Waals surface area (Å²) in [6.45, 7) is 5.10. The van der Waals surface area contributed by atoms with Crippen molar-refractivity contribution in [2.45, 2.75) is 58.3 Å². The topological polar surface area (TPSA) is 66.5 Å². The molecule has 1 saturated heterocycles. The van der Waals surface area contributed by atoms with E-state index in [0.29, 0.717) is 12.5 Å². The SMILES string of the molecule is CC(C)c1ccc(CCNC(=O)CCN2C(=O)[C@@H]3CCCC[C@H]3C2=O)cc1. The highest BCUT2D eigenvalue weighted by Gasteiger charge is 2.47. The van der Waals surface area contributed by atoms with Crippen LogP contribution in [0.5, 0.6) is 0 Å². The number of likely N-dealkylation sites (tertiary alicyclic amines) is 1. The van der Waals surface area contributed by atoms with E-state index in [-0.39, 0.29) is 42.5 Å². The first-order chi connectivity index (χ1) is 13.0. The third kappa shape index (κ3) is 4.57. The molecule has 0 radical (unpaired) electrons. The van der Waals surface area contributed by atoms with Crippen molar-refractivity contribution in [3.8, 4) is 0 Å². The van der Waals surface area contributed by atoms with Gasteiger partial charge in [0.15, 0.2) is 0 Å². The van der Waals surface area contributed by atoms with E-state index in [1.165, 1.54) is 16.0 Å². The average molecular weight is 370 g/mol. The lowest BCUT2D eigenvalue weighted by Gasteiger charge is -2.19. The van der Waals surface area contributed by atoms with Crippen molar-refractivity contribution in [2.24, 2.45) is 11.8 Å². The number of carbonyl (C=O) groups is 3. The summed E-state index contributed by atoms with van der Waals surface area (Å²) in [4.78, 5) is 38.2. The molecule has 146 valence electrons. The monoisotopic (exact) mass is 370 g/mol. The van der Waals surface area contributed by atoms with E-state index in [0.717, 1.165) is 32.1 Å². The van der Waals surface area contributed by atoms with Crippen molar-refractivity contribution in [3.05, 3.63) is 35.4 Å². The summed E-state index contributed by atoms with van der Waals surface area (Å²) in [6, 6.07) is 8.47. The Labute approximate surface area is 161 Å². The van der Waals surface area contributed by atoms with Gasteiger partial charge >= 0.3 is 0 Å². The molecule has 27 heavy (non-hydrogen) atoms. The number of hydrogen-bond acceptors (Lipinski definition) is 3. The minimum Gasteiger partial charge on any atom is -0.356 e. The van der Waals surface area contributed by atoms with Crippen LogP contribution in [0.4, 0.5) is 0 Å². The summed E-state index contributed by atoms with van der Waals surface area (Å²) >= 11 is 0. The summed E-state index contributed by atoms with van der Waals surface area (Å²) in [7, 11) is 0. The lowest BCUT2D eigenvalue weighted by Crippen LogP contribution is -2.35. The Kier molecular flexibility index (Phi) is 6.30. The largest absolute Gasteiger partial charge is 0.356 e. The number of fused-ring (bicyclic) bond motifs is 1. The van der Waals surface area contributed by atoms with Gasteiger partial charge in [0.05, 0.1) is 11.8 Å². The first kappa shape index (κ1) is 19.6. The van der Waals surface area contributed by atoms with Gasteiger partial charge in [-0.1, -0.05) is 51.0 Å². The van der Waals surface area contributed by atoms with Gasteiger partial charge in [-0.25, -0.2) is 0 Å². The number of benzene rings is 1. The lowest BCUT2D eigenvalue weighted by atomic mass is 9.81. The fourth-order valence-electron chi connectivity index (χ4n) is 4.17. The van der Waals surface area contributed by atoms with Gasteiger partial charge in [-0.3, -0.25) is 19.3 Å². The van der Waals surface area contributed by atoms with E-state index in [9.17, 15) is 14.4 Å². The van der Waals surface area contributed by atoms with E-state index in [4.69, 9.17) is 0 Å². The standard InChI is InChI=1S/C22H30N2O3/c1-15(2)17-9-7-16(8-10-17)11-13-23-20(25)12-14-24-21(26)18-5-3-4-6-19(18)22(24)27/h7-10,15,18-19H,3-6,11-14H2,1-2H3,(H,23,25)/t18-,19-/m1/s1. The molecule has 0 bridgehead atoms. The second kappa shape index (κ2) is 8.68. The molecule has 0 spiro atoms. The van der Waals surface area contributed by atoms with Crippen LogP contribution in [0.3, 0.4) is 0 Å². The first-order valence-corrected chi connectivity index (χ1v) is 10.2. The Hall–Kier alpha value is -2.17. The van der Waals surface area contributed by atoms with Crippen LogP contribution in [0.2, 0.25) is 0 Å². The number of nitrogens with zero attached hydrogens (tertiary/aromatic N) is 1. The zero-order valence-electron chi connectivity index (χ0n) is 16.4.